The van der Waals surface area contributed by atoms with Crippen LogP contribution >= 0.6 is 23.1 Å². The molecule has 1 aromatic carbocycles. The molecule has 0 saturated heterocycles. The lowest BCUT2D eigenvalue weighted by Gasteiger charge is -2.04. The fraction of sp³-hybridized carbons (Fsp3) is 0.250. The first kappa shape index (κ1) is 16.6. The van der Waals surface area contributed by atoms with Crippen molar-refractivity contribution in [3.05, 3.63) is 57.3 Å². The van der Waals surface area contributed by atoms with Crippen molar-refractivity contribution in [2.75, 3.05) is 5.75 Å². The van der Waals surface area contributed by atoms with E-state index in [1.807, 2.05) is 19.1 Å². The van der Waals surface area contributed by atoms with E-state index in [1.54, 1.807) is 23.9 Å². The zero-order chi connectivity index (χ0) is 15.9. The fourth-order valence-corrected chi connectivity index (χ4v) is 3.48. The third-order valence-electron chi connectivity index (χ3n) is 2.92. The summed E-state index contributed by atoms with van der Waals surface area (Å²) in [4.78, 5) is 23.7. The minimum Gasteiger partial charge on any atom is -0.477 e. The van der Waals surface area contributed by atoms with E-state index < -0.39 is 5.97 Å². The molecular weight excluding hydrogens is 318 g/mol. The molecule has 0 aliphatic carbocycles. The molecule has 0 bridgehead atoms. The van der Waals surface area contributed by atoms with Crippen LogP contribution in [0.5, 0.6) is 0 Å². The molecule has 22 heavy (non-hydrogen) atoms. The first-order valence-corrected chi connectivity index (χ1v) is 8.73. The van der Waals surface area contributed by atoms with Gasteiger partial charge in [0.1, 0.15) is 4.88 Å². The number of thiophene rings is 1. The quantitative estimate of drug-likeness (QED) is 0.815. The number of rotatable bonds is 7. The topological polar surface area (TPSA) is 66.4 Å². The molecule has 0 atom stereocenters. The number of carboxylic acids is 1. The van der Waals surface area contributed by atoms with Crippen LogP contribution in [0.3, 0.4) is 0 Å². The standard InChI is InChI=1S/C16H17NO3S2/c1-11-3-2-4-12(7-11)9-21-10-15(18)17-8-13-5-6-14(22-13)16(19)20/h2-7H,8-10H2,1H3,(H,17,18)(H,19,20). The summed E-state index contributed by atoms with van der Waals surface area (Å²) in [5.41, 5.74) is 2.43. The number of aromatic carboxylic acids is 1. The monoisotopic (exact) mass is 335 g/mol. The second-order valence-corrected chi connectivity index (χ2v) is 6.98. The van der Waals surface area contributed by atoms with Crippen LogP contribution in [0.4, 0.5) is 0 Å². The minimum absolute atomic E-state index is 0.0390. The van der Waals surface area contributed by atoms with Gasteiger partial charge in [0.05, 0.1) is 12.3 Å². The maximum Gasteiger partial charge on any atom is 0.345 e. The third-order valence-corrected chi connectivity index (χ3v) is 4.99. The Bertz CT molecular complexity index is 667. The number of nitrogens with one attached hydrogen (secondary N) is 1. The van der Waals surface area contributed by atoms with Crippen molar-refractivity contribution in [2.24, 2.45) is 0 Å². The van der Waals surface area contributed by atoms with Gasteiger partial charge in [-0.25, -0.2) is 4.79 Å². The number of thioether (sulfide) groups is 1. The Hall–Kier alpha value is -1.79. The smallest absolute Gasteiger partial charge is 0.345 e. The number of aryl methyl sites for hydroxylation is 1. The number of carbonyl (C=O) groups is 2. The van der Waals surface area contributed by atoms with Crippen molar-refractivity contribution in [3.63, 3.8) is 0 Å². The Morgan fingerprint density at radius 3 is 2.77 bits per heavy atom. The zero-order valence-electron chi connectivity index (χ0n) is 12.2. The van der Waals surface area contributed by atoms with Crippen molar-refractivity contribution in [2.45, 2.75) is 19.2 Å². The van der Waals surface area contributed by atoms with Crippen LogP contribution in [-0.4, -0.2) is 22.7 Å². The lowest BCUT2D eigenvalue weighted by Crippen LogP contribution is -2.24. The van der Waals surface area contributed by atoms with Crippen LogP contribution in [-0.2, 0) is 17.1 Å². The molecule has 0 fully saturated rings. The number of carboxylic acid groups (broad SMARTS) is 1. The van der Waals surface area contributed by atoms with Gasteiger partial charge in [-0.05, 0) is 24.6 Å². The van der Waals surface area contributed by atoms with Crippen LogP contribution in [0, 0.1) is 6.92 Å². The van der Waals surface area contributed by atoms with E-state index in [1.165, 1.54) is 22.5 Å². The van der Waals surface area contributed by atoms with Crippen LogP contribution in [0.15, 0.2) is 36.4 Å². The molecule has 0 spiro atoms. The first-order chi connectivity index (χ1) is 10.5. The van der Waals surface area contributed by atoms with Crippen LogP contribution in [0.1, 0.15) is 25.7 Å². The van der Waals surface area contributed by atoms with Gasteiger partial charge in [-0.3, -0.25) is 4.79 Å². The van der Waals surface area contributed by atoms with Crippen molar-refractivity contribution < 1.29 is 14.7 Å². The molecule has 1 amide bonds. The van der Waals surface area contributed by atoms with Crippen LogP contribution in [0.2, 0.25) is 0 Å². The predicted octanol–water partition coefficient (Wildman–Crippen LogP) is 3.30. The highest BCUT2D eigenvalue weighted by atomic mass is 32.2. The number of amides is 1. The lowest BCUT2D eigenvalue weighted by atomic mass is 10.2. The molecule has 6 heteroatoms. The highest BCUT2D eigenvalue weighted by Gasteiger charge is 2.08. The highest BCUT2D eigenvalue weighted by Crippen LogP contribution is 2.16. The Balaban J connectivity index is 1.70. The fourth-order valence-electron chi connectivity index (χ4n) is 1.89. The maximum atomic E-state index is 11.8. The Morgan fingerprint density at radius 2 is 2.09 bits per heavy atom. The summed E-state index contributed by atoms with van der Waals surface area (Å²) in [5.74, 6) is 0.224. The molecule has 0 unspecified atom stereocenters. The molecule has 0 aliphatic rings. The van der Waals surface area contributed by atoms with Gasteiger partial charge in [-0.1, -0.05) is 29.8 Å². The molecule has 1 aromatic heterocycles. The maximum absolute atomic E-state index is 11.8. The van der Waals surface area contributed by atoms with Crippen LogP contribution in [0.25, 0.3) is 0 Å². The van der Waals surface area contributed by atoms with Gasteiger partial charge < -0.3 is 10.4 Å². The number of hydrogen-bond donors (Lipinski definition) is 2. The molecule has 2 rings (SSSR count). The molecular formula is C16H17NO3S2. The average Bonchev–Trinajstić information content (AvgIpc) is 2.94. The molecule has 1 heterocycles. The van der Waals surface area contributed by atoms with E-state index in [9.17, 15) is 9.59 Å². The predicted molar refractivity (Wildman–Crippen MR) is 90.5 cm³/mol. The van der Waals surface area contributed by atoms with Gasteiger partial charge in [-0.15, -0.1) is 23.1 Å². The second kappa shape index (κ2) is 8.00. The molecule has 0 saturated carbocycles. The summed E-state index contributed by atoms with van der Waals surface area (Å²) in [7, 11) is 0. The summed E-state index contributed by atoms with van der Waals surface area (Å²) in [5, 5.41) is 11.6. The average molecular weight is 335 g/mol. The van der Waals surface area contributed by atoms with Gasteiger partial charge in [0.25, 0.3) is 0 Å². The normalized spacial score (nSPS) is 10.4. The number of benzene rings is 1. The van der Waals surface area contributed by atoms with E-state index in [0.29, 0.717) is 12.3 Å². The van der Waals surface area contributed by atoms with Crippen molar-refractivity contribution >= 4 is 35.0 Å². The third kappa shape index (κ3) is 5.20. The molecule has 4 nitrogen and oxygen atoms in total. The van der Waals surface area contributed by atoms with E-state index in [-0.39, 0.29) is 10.8 Å². The minimum atomic E-state index is -0.934. The van der Waals surface area contributed by atoms with Gasteiger partial charge in [0.2, 0.25) is 5.91 Å². The van der Waals surface area contributed by atoms with Gasteiger partial charge >= 0.3 is 5.97 Å². The van der Waals surface area contributed by atoms with E-state index in [0.717, 1.165) is 10.6 Å². The SMILES string of the molecule is Cc1cccc(CSCC(=O)NCc2ccc(C(=O)O)s2)c1. The van der Waals surface area contributed by atoms with E-state index in [2.05, 4.69) is 17.4 Å². The summed E-state index contributed by atoms with van der Waals surface area (Å²) >= 11 is 2.75. The summed E-state index contributed by atoms with van der Waals surface area (Å²) in [6.45, 7) is 2.43. The summed E-state index contributed by atoms with van der Waals surface area (Å²) < 4.78 is 0. The summed E-state index contributed by atoms with van der Waals surface area (Å²) in [6, 6.07) is 11.5. The Morgan fingerprint density at radius 1 is 1.27 bits per heavy atom. The number of hydrogen-bond acceptors (Lipinski definition) is 4. The van der Waals surface area contributed by atoms with Gasteiger partial charge in [0, 0.05) is 10.6 Å². The lowest BCUT2D eigenvalue weighted by molar-refractivity contribution is -0.118. The zero-order valence-corrected chi connectivity index (χ0v) is 13.8. The molecule has 116 valence electrons. The Kier molecular flexibility index (Phi) is 6.03. The molecule has 0 aliphatic heterocycles. The van der Waals surface area contributed by atoms with E-state index in [4.69, 9.17) is 5.11 Å². The van der Waals surface area contributed by atoms with Gasteiger partial charge in [-0.2, -0.15) is 0 Å². The first-order valence-electron chi connectivity index (χ1n) is 6.76. The molecule has 0 radical (unpaired) electrons. The van der Waals surface area contributed by atoms with Crippen molar-refractivity contribution in [3.8, 4) is 0 Å². The summed E-state index contributed by atoms with van der Waals surface area (Å²) in [6.07, 6.45) is 0. The molecule has 2 aromatic rings. The van der Waals surface area contributed by atoms with E-state index >= 15 is 0 Å². The van der Waals surface area contributed by atoms with Gasteiger partial charge in [0.15, 0.2) is 0 Å². The highest BCUT2D eigenvalue weighted by molar-refractivity contribution is 7.99. The Labute approximate surface area is 137 Å². The van der Waals surface area contributed by atoms with Crippen molar-refractivity contribution in [1.29, 1.82) is 0 Å². The van der Waals surface area contributed by atoms with Crippen LogP contribution < -0.4 is 5.32 Å². The molecule has 2 N–H and O–H groups in total. The second-order valence-electron chi connectivity index (χ2n) is 4.83. The van der Waals surface area contributed by atoms with Crippen molar-refractivity contribution in [1.82, 2.24) is 5.32 Å². The number of carbonyl (C=O) groups excluding carboxylic acids is 1. The largest absolute Gasteiger partial charge is 0.477 e.